The van der Waals surface area contributed by atoms with Gasteiger partial charge in [-0.15, -0.1) is 0 Å². The van der Waals surface area contributed by atoms with Crippen molar-refractivity contribution in [2.24, 2.45) is 0 Å². The second-order valence-electron chi connectivity index (χ2n) is 4.28. The lowest BCUT2D eigenvalue weighted by Crippen LogP contribution is -2.29. The van der Waals surface area contributed by atoms with Gasteiger partial charge in [0.25, 0.3) is 0 Å². The smallest absolute Gasteiger partial charge is 0.319 e. The molecule has 0 aromatic carbocycles. The van der Waals surface area contributed by atoms with Gasteiger partial charge in [0.1, 0.15) is 0 Å². The Morgan fingerprint density at radius 2 is 2.11 bits per heavy atom. The van der Waals surface area contributed by atoms with Crippen molar-refractivity contribution in [3.63, 3.8) is 0 Å². The maximum absolute atomic E-state index is 11.6. The topological polar surface area (TPSA) is 91.3 Å². The average Bonchev–Trinajstić information content (AvgIpc) is 2.36. The molecule has 0 unspecified atom stereocenters. The van der Waals surface area contributed by atoms with Gasteiger partial charge in [-0.3, -0.25) is 9.78 Å². The van der Waals surface area contributed by atoms with E-state index in [2.05, 4.69) is 15.6 Å². The molecule has 0 fully saturated rings. The Hall–Kier alpha value is -2.11. The van der Waals surface area contributed by atoms with E-state index in [0.29, 0.717) is 18.7 Å². The van der Waals surface area contributed by atoms with E-state index < -0.39 is 5.97 Å². The molecule has 104 valence electrons. The van der Waals surface area contributed by atoms with E-state index in [1.807, 2.05) is 13.0 Å². The van der Waals surface area contributed by atoms with Crippen LogP contribution < -0.4 is 10.6 Å². The van der Waals surface area contributed by atoms with Gasteiger partial charge in [0.2, 0.25) is 0 Å². The number of aliphatic carboxylic acids is 1. The molecule has 0 spiro atoms. The minimum absolute atomic E-state index is 0.182. The van der Waals surface area contributed by atoms with Crippen molar-refractivity contribution in [2.75, 3.05) is 11.9 Å². The highest BCUT2D eigenvalue weighted by molar-refractivity contribution is 5.89. The summed E-state index contributed by atoms with van der Waals surface area (Å²) >= 11 is 0. The summed E-state index contributed by atoms with van der Waals surface area (Å²) in [4.78, 5) is 25.8. The molecule has 0 aliphatic carbocycles. The van der Waals surface area contributed by atoms with E-state index >= 15 is 0 Å². The summed E-state index contributed by atoms with van der Waals surface area (Å²) in [7, 11) is 0. The van der Waals surface area contributed by atoms with Gasteiger partial charge < -0.3 is 15.7 Å². The normalized spacial score (nSPS) is 9.95. The Labute approximate surface area is 112 Å². The number of rotatable bonds is 7. The fourth-order valence-electron chi connectivity index (χ4n) is 1.54. The van der Waals surface area contributed by atoms with Crippen LogP contribution in [0.1, 0.15) is 31.2 Å². The van der Waals surface area contributed by atoms with Crippen molar-refractivity contribution in [1.29, 1.82) is 0 Å². The Balaban J connectivity index is 2.15. The van der Waals surface area contributed by atoms with Crippen LogP contribution in [0.5, 0.6) is 0 Å². The highest BCUT2D eigenvalue weighted by atomic mass is 16.4. The molecule has 1 rings (SSSR count). The molecular formula is C13H19N3O3. The predicted molar refractivity (Wildman–Crippen MR) is 72.1 cm³/mol. The zero-order valence-corrected chi connectivity index (χ0v) is 11.0. The third-order valence-electron chi connectivity index (χ3n) is 2.64. The van der Waals surface area contributed by atoms with Gasteiger partial charge in [-0.2, -0.15) is 0 Å². The van der Waals surface area contributed by atoms with Gasteiger partial charge in [-0.25, -0.2) is 4.79 Å². The first-order valence-electron chi connectivity index (χ1n) is 6.27. The minimum atomic E-state index is -0.780. The number of hydrogen-bond donors (Lipinski definition) is 3. The molecule has 0 bridgehead atoms. The molecule has 1 heterocycles. The number of aromatic nitrogens is 1. The summed E-state index contributed by atoms with van der Waals surface area (Å²) in [5.41, 5.74) is 1.64. The third kappa shape index (κ3) is 6.40. The lowest BCUT2D eigenvalue weighted by Gasteiger charge is -2.08. The number of pyridine rings is 1. The first-order chi connectivity index (χ1) is 9.09. The van der Waals surface area contributed by atoms with Gasteiger partial charge in [0.15, 0.2) is 0 Å². The van der Waals surface area contributed by atoms with Crippen LogP contribution in [-0.4, -0.2) is 28.6 Å². The molecule has 1 aromatic heterocycles. The highest BCUT2D eigenvalue weighted by Crippen LogP contribution is 2.10. The molecule has 0 saturated heterocycles. The number of carboxylic acid groups (broad SMARTS) is 1. The molecular weight excluding hydrogens is 246 g/mol. The first kappa shape index (κ1) is 14.9. The maximum Gasteiger partial charge on any atom is 0.319 e. The molecule has 2 amide bonds. The number of carbonyl (C=O) groups excluding carboxylic acids is 1. The van der Waals surface area contributed by atoms with Crippen LogP contribution in [0.15, 0.2) is 18.5 Å². The summed E-state index contributed by atoms with van der Waals surface area (Å²) < 4.78 is 0. The number of anilines is 1. The number of unbranched alkanes of at least 4 members (excludes halogenated alkanes) is 2. The summed E-state index contributed by atoms with van der Waals surface area (Å²) in [5, 5.41) is 13.9. The van der Waals surface area contributed by atoms with Crippen molar-refractivity contribution in [1.82, 2.24) is 10.3 Å². The second-order valence-corrected chi connectivity index (χ2v) is 4.28. The molecule has 3 N–H and O–H groups in total. The fourth-order valence-corrected chi connectivity index (χ4v) is 1.54. The van der Waals surface area contributed by atoms with Crippen LogP contribution in [-0.2, 0) is 4.79 Å². The second kappa shape index (κ2) is 8.07. The lowest BCUT2D eigenvalue weighted by atomic mass is 10.2. The van der Waals surface area contributed by atoms with Crippen molar-refractivity contribution < 1.29 is 14.7 Å². The Morgan fingerprint density at radius 1 is 1.32 bits per heavy atom. The Bertz CT molecular complexity index is 435. The monoisotopic (exact) mass is 265 g/mol. The van der Waals surface area contributed by atoms with Crippen LogP contribution in [0.4, 0.5) is 10.5 Å². The Kier molecular flexibility index (Phi) is 6.35. The van der Waals surface area contributed by atoms with Gasteiger partial charge in [-0.05, 0) is 31.4 Å². The van der Waals surface area contributed by atoms with Crippen molar-refractivity contribution >= 4 is 17.7 Å². The molecule has 6 nitrogen and oxygen atoms in total. The number of hydrogen-bond acceptors (Lipinski definition) is 3. The Morgan fingerprint density at radius 3 is 2.79 bits per heavy atom. The van der Waals surface area contributed by atoms with Crippen LogP contribution in [0, 0.1) is 6.92 Å². The van der Waals surface area contributed by atoms with Crippen LogP contribution in [0.25, 0.3) is 0 Å². The minimum Gasteiger partial charge on any atom is -0.481 e. The molecule has 0 atom stereocenters. The zero-order chi connectivity index (χ0) is 14.1. The van der Waals surface area contributed by atoms with Gasteiger partial charge >= 0.3 is 12.0 Å². The predicted octanol–water partition coefficient (Wildman–Crippen LogP) is 2.16. The average molecular weight is 265 g/mol. The quantitative estimate of drug-likeness (QED) is 0.659. The maximum atomic E-state index is 11.6. The van der Waals surface area contributed by atoms with Crippen molar-refractivity contribution in [3.05, 3.63) is 24.0 Å². The van der Waals surface area contributed by atoms with Crippen LogP contribution >= 0.6 is 0 Å². The number of urea groups is 1. The fraction of sp³-hybridized carbons (Fsp3) is 0.462. The van der Waals surface area contributed by atoms with Crippen molar-refractivity contribution in [2.45, 2.75) is 32.6 Å². The SMILES string of the molecule is Cc1ccncc1NC(=O)NCCCCCC(=O)O. The van der Waals surface area contributed by atoms with Crippen LogP contribution in [0.3, 0.4) is 0 Å². The molecule has 0 aliphatic rings. The van der Waals surface area contributed by atoms with Crippen molar-refractivity contribution in [3.8, 4) is 0 Å². The molecule has 0 radical (unpaired) electrons. The van der Waals surface area contributed by atoms with E-state index in [4.69, 9.17) is 5.11 Å². The van der Waals surface area contributed by atoms with E-state index in [1.54, 1.807) is 12.4 Å². The van der Waals surface area contributed by atoms with Crippen LogP contribution in [0.2, 0.25) is 0 Å². The number of amides is 2. The standard InChI is InChI=1S/C13H19N3O3/c1-10-6-8-14-9-11(10)16-13(19)15-7-4-2-3-5-12(17)18/h6,8-9H,2-5,7H2,1H3,(H,17,18)(H2,15,16,19). The summed E-state index contributed by atoms with van der Waals surface area (Å²) in [6.07, 6.45) is 5.65. The van der Waals surface area contributed by atoms with E-state index in [1.165, 1.54) is 0 Å². The molecule has 6 heteroatoms. The highest BCUT2D eigenvalue weighted by Gasteiger charge is 2.03. The van der Waals surface area contributed by atoms with Gasteiger partial charge in [0, 0.05) is 19.2 Å². The number of nitrogens with zero attached hydrogens (tertiary/aromatic N) is 1. The first-order valence-corrected chi connectivity index (χ1v) is 6.27. The molecule has 1 aromatic rings. The van der Waals surface area contributed by atoms with E-state index in [-0.39, 0.29) is 12.5 Å². The zero-order valence-electron chi connectivity index (χ0n) is 11.0. The van der Waals surface area contributed by atoms with E-state index in [9.17, 15) is 9.59 Å². The molecule has 19 heavy (non-hydrogen) atoms. The largest absolute Gasteiger partial charge is 0.481 e. The third-order valence-corrected chi connectivity index (χ3v) is 2.64. The summed E-state index contributed by atoms with van der Waals surface area (Å²) in [5.74, 6) is -0.780. The van der Waals surface area contributed by atoms with E-state index in [0.717, 1.165) is 18.4 Å². The summed E-state index contributed by atoms with van der Waals surface area (Å²) in [6, 6.07) is 1.55. The van der Waals surface area contributed by atoms with Gasteiger partial charge in [0.05, 0.1) is 11.9 Å². The van der Waals surface area contributed by atoms with Gasteiger partial charge in [-0.1, -0.05) is 6.42 Å². The molecule has 0 aliphatic heterocycles. The lowest BCUT2D eigenvalue weighted by molar-refractivity contribution is -0.137. The number of nitrogens with one attached hydrogen (secondary N) is 2. The molecule has 0 saturated carbocycles. The number of carboxylic acids is 1. The number of carbonyl (C=O) groups is 2. The summed E-state index contributed by atoms with van der Waals surface area (Å²) in [6.45, 7) is 2.42. The number of aryl methyl sites for hydroxylation is 1.